The van der Waals surface area contributed by atoms with Crippen LogP contribution in [0.3, 0.4) is 0 Å². The van der Waals surface area contributed by atoms with Crippen LogP contribution in [-0.4, -0.2) is 23.8 Å². The molecule has 0 saturated heterocycles. The van der Waals surface area contributed by atoms with Crippen LogP contribution in [0, 0.1) is 0 Å². The minimum atomic E-state index is 0.980. The van der Waals surface area contributed by atoms with E-state index in [4.69, 9.17) is 0 Å². The number of allylic oxidation sites excluding steroid dienone is 2. The van der Waals surface area contributed by atoms with Crippen LogP contribution in [0.1, 0.15) is 46.5 Å². The van der Waals surface area contributed by atoms with E-state index >= 15 is 0 Å². The Morgan fingerprint density at radius 2 is 2.00 bits per heavy atom. The molecule has 1 aliphatic rings. The average Bonchev–Trinajstić information content (AvgIpc) is 2.54. The molecule has 2 nitrogen and oxygen atoms in total. The molecule has 0 atom stereocenters. The van der Waals surface area contributed by atoms with Crippen LogP contribution < -0.4 is 0 Å². The van der Waals surface area contributed by atoms with Gasteiger partial charge in [-0.05, 0) is 32.8 Å². The summed E-state index contributed by atoms with van der Waals surface area (Å²) in [6.45, 7) is 8.69. The molecule has 16 heavy (non-hydrogen) atoms. The molecule has 90 valence electrons. The van der Waals surface area contributed by atoms with Gasteiger partial charge >= 0.3 is 0 Å². The van der Waals surface area contributed by atoms with Gasteiger partial charge in [-0.15, -0.1) is 0 Å². The first-order valence-corrected chi connectivity index (χ1v) is 6.49. The van der Waals surface area contributed by atoms with Gasteiger partial charge in [0, 0.05) is 25.7 Å². The summed E-state index contributed by atoms with van der Waals surface area (Å²) in [6, 6.07) is 0. The Kier molecular flexibility index (Phi) is 5.91. The molecule has 1 rings (SSSR count). The zero-order valence-electron chi connectivity index (χ0n) is 10.9. The highest BCUT2D eigenvalue weighted by Crippen LogP contribution is 2.14. The first-order valence-electron chi connectivity index (χ1n) is 6.49. The second-order valence-electron chi connectivity index (χ2n) is 4.12. The number of unbranched alkanes of at least 4 members (excludes halogenated alkanes) is 1. The molecule has 0 amide bonds. The number of amidine groups is 1. The maximum absolute atomic E-state index is 4.53. The van der Waals surface area contributed by atoms with Crippen molar-refractivity contribution in [2.75, 3.05) is 13.1 Å². The Bertz CT molecular complexity index is 283. The largest absolute Gasteiger partial charge is 0.360 e. The minimum absolute atomic E-state index is 0.980. The second-order valence-corrected chi connectivity index (χ2v) is 4.12. The molecular formula is C14H24N2. The van der Waals surface area contributed by atoms with Gasteiger partial charge in [-0.1, -0.05) is 25.0 Å². The molecule has 0 spiro atoms. The smallest absolute Gasteiger partial charge is 0.108 e. The lowest BCUT2D eigenvalue weighted by Gasteiger charge is -2.21. The summed E-state index contributed by atoms with van der Waals surface area (Å²) in [6.07, 6.45) is 11.2. The minimum Gasteiger partial charge on any atom is -0.360 e. The van der Waals surface area contributed by atoms with Crippen molar-refractivity contribution in [3.8, 4) is 0 Å². The van der Waals surface area contributed by atoms with Gasteiger partial charge in [-0.25, -0.2) is 4.99 Å². The molecule has 1 aliphatic heterocycles. The third-order valence-corrected chi connectivity index (χ3v) is 3.01. The van der Waals surface area contributed by atoms with Crippen molar-refractivity contribution in [3.63, 3.8) is 0 Å². The molecule has 0 aromatic heterocycles. The summed E-state index contributed by atoms with van der Waals surface area (Å²) in [5.74, 6) is 1.20. The highest BCUT2D eigenvalue weighted by Gasteiger charge is 2.07. The zero-order valence-corrected chi connectivity index (χ0v) is 10.9. The van der Waals surface area contributed by atoms with Gasteiger partial charge in [-0.3, -0.25) is 0 Å². The van der Waals surface area contributed by atoms with Gasteiger partial charge in [0.1, 0.15) is 5.84 Å². The lowest BCUT2D eigenvalue weighted by Crippen LogP contribution is -2.29. The van der Waals surface area contributed by atoms with E-state index in [-0.39, 0.29) is 0 Å². The average molecular weight is 220 g/mol. The summed E-state index contributed by atoms with van der Waals surface area (Å²) in [7, 11) is 0. The lowest BCUT2D eigenvalue weighted by atomic mass is 10.1. The van der Waals surface area contributed by atoms with Gasteiger partial charge in [0.15, 0.2) is 0 Å². The summed E-state index contributed by atoms with van der Waals surface area (Å²) in [4.78, 5) is 6.86. The van der Waals surface area contributed by atoms with Crippen molar-refractivity contribution in [2.45, 2.75) is 46.5 Å². The van der Waals surface area contributed by atoms with Crippen molar-refractivity contribution < 1.29 is 0 Å². The maximum Gasteiger partial charge on any atom is 0.108 e. The quantitative estimate of drug-likeness (QED) is 0.689. The second kappa shape index (κ2) is 7.26. The molecule has 1 heterocycles. The van der Waals surface area contributed by atoms with Crippen molar-refractivity contribution in [2.24, 2.45) is 4.99 Å². The van der Waals surface area contributed by atoms with Crippen LogP contribution in [0.15, 0.2) is 28.9 Å². The van der Waals surface area contributed by atoms with Crippen molar-refractivity contribution in [1.29, 1.82) is 0 Å². The first-order chi connectivity index (χ1) is 7.81. The number of aliphatic imine (C=N–C) groups is 1. The summed E-state index contributed by atoms with van der Waals surface area (Å²) < 4.78 is 0. The number of hydrogen-bond donors (Lipinski definition) is 0. The molecular weight excluding hydrogens is 196 g/mol. The van der Waals surface area contributed by atoms with E-state index in [1.54, 1.807) is 0 Å². The topological polar surface area (TPSA) is 15.6 Å². The van der Waals surface area contributed by atoms with E-state index < -0.39 is 0 Å². The zero-order chi connectivity index (χ0) is 11.8. The SMILES string of the molecule is CCCCC1=CCC(N(CC)CC)=NC=C1. The van der Waals surface area contributed by atoms with E-state index in [2.05, 4.69) is 42.8 Å². The molecule has 0 aliphatic carbocycles. The fourth-order valence-electron chi connectivity index (χ4n) is 1.93. The van der Waals surface area contributed by atoms with Crippen LogP contribution in [-0.2, 0) is 0 Å². The van der Waals surface area contributed by atoms with Crippen molar-refractivity contribution in [3.05, 3.63) is 23.9 Å². The number of nitrogens with zero attached hydrogens (tertiary/aromatic N) is 2. The fourth-order valence-corrected chi connectivity index (χ4v) is 1.93. The molecule has 0 radical (unpaired) electrons. The Labute approximate surface area is 99.8 Å². The first kappa shape index (κ1) is 13.0. The lowest BCUT2D eigenvalue weighted by molar-refractivity contribution is 0.459. The van der Waals surface area contributed by atoms with Gasteiger partial charge in [-0.2, -0.15) is 0 Å². The normalized spacial score (nSPS) is 15.4. The Morgan fingerprint density at radius 1 is 1.25 bits per heavy atom. The van der Waals surface area contributed by atoms with Gasteiger partial charge in [0.2, 0.25) is 0 Å². The van der Waals surface area contributed by atoms with E-state index in [0.29, 0.717) is 0 Å². The Hall–Kier alpha value is -1.05. The van der Waals surface area contributed by atoms with Crippen molar-refractivity contribution >= 4 is 5.84 Å². The Balaban J connectivity index is 2.59. The summed E-state index contributed by atoms with van der Waals surface area (Å²) in [5, 5.41) is 0. The predicted molar refractivity (Wildman–Crippen MR) is 71.7 cm³/mol. The van der Waals surface area contributed by atoms with Crippen LogP contribution in [0.2, 0.25) is 0 Å². The number of rotatable bonds is 5. The monoisotopic (exact) mass is 220 g/mol. The molecule has 0 aromatic carbocycles. The number of hydrogen-bond acceptors (Lipinski definition) is 2. The molecule has 0 unspecified atom stereocenters. The standard InChI is InChI=1S/C14H24N2/c1-4-7-8-13-9-10-14(15-12-11-13)16(5-2)6-3/h9,11-12H,4-8,10H2,1-3H3. The van der Waals surface area contributed by atoms with E-state index in [9.17, 15) is 0 Å². The van der Waals surface area contributed by atoms with Gasteiger partial charge < -0.3 is 4.90 Å². The van der Waals surface area contributed by atoms with Crippen LogP contribution in [0.25, 0.3) is 0 Å². The van der Waals surface area contributed by atoms with E-state index in [1.165, 1.54) is 30.7 Å². The molecule has 0 bridgehead atoms. The van der Waals surface area contributed by atoms with Crippen molar-refractivity contribution in [1.82, 2.24) is 4.90 Å². The molecule has 2 heteroatoms. The molecule has 0 saturated carbocycles. The third kappa shape index (κ3) is 3.84. The molecule has 0 N–H and O–H groups in total. The van der Waals surface area contributed by atoms with Gasteiger partial charge in [0.05, 0.1) is 0 Å². The van der Waals surface area contributed by atoms with Crippen LogP contribution in [0.4, 0.5) is 0 Å². The third-order valence-electron chi connectivity index (χ3n) is 3.01. The van der Waals surface area contributed by atoms with E-state index in [1.807, 2.05) is 6.20 Å². The summed E-state index contributed by atoms with van der Waals surface area (Å²) in [5.41, 5.74) is 1.44. The van der Waals surface area contributed by atoms with Crippen LogP contribution >= 0.6 is 0 Å². The highest BCUT2D eigenvalue weighted by atomic mass is 15.2. The van der Waals surface area contributed by atoms with E-state index in [0.717, 1.165) is 19.5 Å². The highest BCUT2D eigenvalue weighted by molar-refractivity contribution is 5.84. The van der Waals surface area contributed by atoms with Gasteiger partial charge in [0.25, 0.3) is 0 Å². The Morgan fingerprint density at radius 3 is 2.62 bits per heavy atom. The summed E-state index contributed by atoms with van der Waals surface area (Å²) >= 11 is 0. The van der Waals surface area contributed by atoms with Crippen LogP contribution in [0.5, 0.6) is 0 Å². The molecule has 0 fully saturated rings. The fraction of sp³-hybridized carbons (Fsp3) is 0.643. The predicted octanol–water partition coefficient (Wildman–Crippen LogP) is 3.76. The maximum atomic E-state index is 4.53. The molecule has 0 aromatic rings.